The lowest BCUT2D eigenvalue weighted by Crippen LogP contribution is -1.97. The molecule has 3 aromatic rings. The number of aromatic nitrogens is 2. The topological polar surface area (TPSA) is 54.6 Å². The van der Waals surface area contributed by atoms with E-state index in [4.69, 9.17) is 0 Å². The lowest BCUT2D eigenvalue weighted by Gasteiger charge is -2.05. The van der Waals surface area contributed by atoms with Crippen molar-refractivity contribution in [2.75, 3.05) is 0 Å². The number of imidazole rings is 1. The molecule has 0 radical (unpaired) electrons. The first-order valence-corrected chi connectivity index (χ1v) is 6.85. The predicted octanol–water partition coefficient (Wildman–Crippen LogP) is 3.77. The number of benzene rings is 1. The SMILES string of the molecule is Cc1ccccc1-c1nc(C(=O)O)c2c(Br)cccn12. The van der Waals surface area contributed by atoms with Gasteiger partial charge in [-0.05, 0) is 40.5 Å². The van der Waals surface area contributed by atoms with Gasteiger partial charge in [0.2, 0.25) is 0 Å². The number of aromatic carboxylic acids is 1. The molecule has 0 aliphatic heterocycles. The van der Waals surface area contributed by atoms with Gasteiger partial charge in [0.25, 0.3) is 0 Å². The number of carbonyl (C=O) groups is 1. The Morgan fingerprint density at radius 1 is 1.25 bits per heavy atom. The Morgan fingerprint density at radius 3 is 2.70 bits per heavy atom. The summed E-state index contributed by atoms with van der Waals surface area (Å²) in [6.45, 7) is 1.98. The largest absolute Gasteiger partial charge is 0.476 e. The zero-order valence-electron chi connectivity index (χ0n) is 10.7. The Morgan fingerprint density at radius 2 is 2.00 bits per heavy atom. The average Bonchev–Trinajstić information content (AvgIpc) is 2.80. The number of aryl methyl sites for hydroxylation is 1. The van der Waals surface area contributed by atoms with E-state index >= 15 is 0 Å². The van der Waals surface area contributed by atoms with Crippen LogP contribution in [0.3, 0.4) is 0 Å². The van der Waals surface area contributed by atoms with E-state index in [1.807, 2.05) is 49.5 Å². The van der Waals surface area contributed by atoms with Crippen molar-refractivity contribution >= 4 is 27.4 Å². The van der Waals surface area contributed by atoms with E-state index in [0.29, 0.717) is 15.8 Å². The first kappa shape index (κ1) is 12.9. The third kappa shape index (κ3) is 1.91. The highest BCUT2D eigenvalue weighted by Gasteiger charge is 2.20. The summed E-state index contributed by atoms with van der Waals surface area (Å²) in [5.41, 5.74) is 2.60. The van der Waals surface area contributed by atoms with Crippen LogP contribution in [0.2, 0.25) is 0 Å². The van der Waals surface area contributed by atoms with Crippen LogP contribution < -0.4 is 0 Å². The van der Waals surface area contributed by atoms with Gasteiger partial charge in [0.05, 0.1) is 5.52 Å². The highest BCUT2D eigenvalue weighted by Crippen LogP contribution is 2.29. The van der Waals surface area contributed by atoms with Crippen molar-refractivity contribution in [3.05, 3.63) is 58.3 Å². The van der Waals surface area contributed by atoms with Gasteiger partial charge in [0.1, 0.15) is 5.82 Å². The van der Waals surface area contributed by atoms with Crippen molar-refractivity contribution in [3.63, 3.8) is 0 Å². The molecule has 0 fully saturated rings. The number of carboxylic acid groups (broad SMARTS) is 1. The minimum absolute atomic E-state index is 0.0516. The Kier molecular flexibility index (Phi) is 3.06. The van der Waals surface area contributed by atoms with Gasteiger partial charge < -0.3 is 5.11 Å². The first-order valence-electron chi connectivity index (χ1n) is 6.05. The van der Waals surface area contributed by atoms with Gasteiger partial charge in [0.15, 0.2) is 5.69 Å². The van der Waals surface area contributed by atoms with E-state index in [1.54, 1.807) is 4.40 Å². The van der Waals surface area contributed by atoms with Crippen LogP contribution in [0.5, 0.6) is 0 Å². The Hall–Kier alpha value is -2.14. The monoisotopic (exact) mass is 330 g/mol. The van der Waals surface area contributed by atoms with Gasteiger partial charge in [-0.2, -0.15) is 0 Å². The molecule has 100 valence electrons. The maximum Gasteiger partial charge on any atom is 0.356 e. The first-order chi connectivity index (χ1) is 9.59. The number of halogens is 1. The van der Waals surface area contributed by atoms with E-state index in [-0.39, 0.29) is 5.69 Å². The van der Waals surface area contributed by atoms with Crippen molar-refractivity contribution < 1.29 is 9.90 Å². The molecule has 0 unspecified atom stereocenters. The number of fused-ring (bicyclic) bond motifs is 1. The lowest BCUT2D eigenvalue weighted by atomic mass is 10.1. The third-order valence-electron chi connectivity index (χ3n) is 3.20. The molecule has 0 atom stereocenters. The van der Waals surface area contributed by atoms with E-state index in [0.717, 1.165) is 11.1 Å². The summed E-state index contributed by atoms with van der Waals surface area (Å²) in [4.78, 5) is 15.7. The fourth-order valence-corrected chi connectivity index (χ4v) is 2.79. The van der Waals surface area contributed by atoms with Crippen molar-refractivity contribution in [2.24, 2.45) is 0 Å². The molecular formula is C15H11BrN2O2. The smallest absolute Gasteiger partial charge is 0.356 e. The second-order valence-corrected chi connectivity index (χ2v) is 5.33. The maximum absolute atomic E-state index is 11.4. The van der Waals surface area contributed by atoms with Crippen LogP contribution in [0, 0.1) is 6.92 Å². The maximum atomic E-state index is 11.4. The zero-order chi connectivity index (χ0) is 14.3. The molecule has 3 rings (SSSR count). The molecule has 20 heavy (non-hydrogen) atoms. The molecule has 1 aromatic carbocycles. The van der Waals surface area contributed by atoms with Crippen LogP contribution in [0.1, 0.15) is 16.1 Å². The van der Waals surface area contributed by atoms with Gasteiger partial charge in [-0.3, -0.25) is 4.40 Å². The van der Waals surface area contributed by atoms with Crippen molar-refractivity contribution in [1.29, 1.82) is 0 Å². The molecule has 5 heteroatoms. The molecule has 2 heterocycles. The van der Waals surface area contributed by atoms with Crippen LogP contribution in [0.15, 0.2) is 47.1 Å². The van der Waals surface area contributed by atoms with Crippen LogP contribution in [0.4, 0.5) is 0 Å². The summed E-state index contributed by atoms with van der Waals surface area (Å²) in [5, 5.41) is 9.34. The van der Waals surface area contributed by atoms with Gasteiger partial charge in [-0.15, -0.1) is 0 Å². The predicted molar refractivity (Wildman–Crippen MR) is 80.0 cm³/mol. The molecule has 0 aliphatic carbocycles. The van der Waals surface area contributed by atoms with E-state index in [9.17, 15) is 9.90 Å². The molecule has 4 nitrogen and oxygen atoms in total. The number of pyridine rings is 1. The summed E-state index contributed by atoms with van der Waals surface area (Å²) < 4.78 is 2.51. The third-order valence-corrected chi connectivity index (χ3v) is 3.84. The Balaban J connectivity index is 2.41. The second kappa shape index (κ2) is 4.76. The van der Waals surface area contributed by atoms with Crippen molar-refractivity contribution in [2.45, 2.75) is 6.92 Å². The van der Waals surface area contributed by atoms with Crippen molar-refractivity contribution in [3.8, 4) is 11.4 Å². The van der Waals surface area contributed by atoms with Gasteiger partial charge in [-0.25, -0.2) is 9.78 Å². The summed E-state index contributed by atoms with van der Waals surface area (Å²) in [6.07, 6.45) is 1.82. The van der Waals surface area contributed by atoms with E-state index in [2.05, 4.69) is 20.9 Å². The highest BCUT2D eigenvalue weighted by atomic mass is 79.9. The number of nitrogens with zero attached hydrogens (tertiary/aromatic N) is 2. The minimum atomic E-state index is -1.03. The normalized spacial score (nSPS) is 10.9. The van der Waals surface area contributed by atoms with E-state index < -0.39 is 5.97 Å². The summed E-state index contributed by atoms with van der Waals surface area (Å²) in [6, 6.07) is 11.5. The summed E-state index contributed by atoms with van der Waals surface area (Å²) in [7, 11) is 0. The van der Waals surface area contributed by atoms with Crippen LogP contribution in [-0.4, -0.2) is 20.5 Å². The lowest BCUT2D eigenvalue weighted by molar-refractivity contribution is 0.0693. The summed E-state index contributed by atoms with van der Waals surface area (Å²) in [5.74, 6) is -0.397. The highest BCUT2D eigenvalue weighted by molar-refractivity contribution is 9.10. The molecule has 1 N–H and O–H groups in total. The Labute approximate surface area is 123 Å². The second-order valence-electron chi connectivity index (χ2n) is 4.48. The molecule has 0 bridgehead atoms. The number of hydrogen-bond acceptors (Lipinski definition) is 2. The van der Waals surface area contributed by atoms with E-state index in [1.165, 1.54) is 0 Å². The summed E-state index contributed by atoms with van der Waals surface area (Å²) >= 11 is 3.40. The standard InChI is InChI=1S/C15H11BrN2O2/c1-9-5-2-3-6-10(9)14-17-12(15(19)20)13-11(16)7-4-8-18(13)14/h2-8H,1H3,(H,19,20). The average molecular weight is 331 g/mol. The molecule has 0 saturated carbocycles. The molecule has 0 saturated heterocycles. The molecule has 2 aromatic heterocycles. The molecule has 0 amide bonds. The fourth-order valence-electron chi connectivity index (χ4n) is 2.26. The number of rotatable bonds is 2. The van der Waals surface area contributed by atoms with Crippen LogP contribution in [-0.2, 0) is 0 Å². The molecule has 0 aliphatic rings. The molecular weight excluding hydrogens is 320 g/mol. The van der Waals surface area contributed by atoms with Crippen molar-refractivity contribution in [1.82, 2.24) is 9.38 Å². The van der Waals surface area contributed by atoms with Gasteiger partial charge in [-0.1, -0.05) is 24.3 Å². The quantitative estimate of drug-likeness (QED) is 0.778. The number of hydrogen-bond donors (Lipinski definition) is 1. The molecule has 0 spiro atoms. The number of carboxylic acids is 1. The fraction of sp³-hybridized carbons (Fsp3) is 0.0667. The van der Waals surface area contributed by atoms with Gasteiger partial charge >= 0.3 is 5.97 Å². The Bertz CT molecular complexity index is 824. The zero-order valence-corrected chi connectivity index (χ0v) is 12.3. The van der Waals surface area contributed by atoms with Crippen LogP contribution in [0.25, 0.3) is 16.9 Å². The van der Waals surface area contributed by atoms with Crippen LogP contribution >= 0.6 is 15.9 Å². The minimum Gasteiger partial charge on any atom is -0.476 e. The van der Waals surface area contributed by atoms with Gasteiger partial charge in [0, 0.05) is 16.2 Å².